The number of aryl methyl sites for hydroxylation is 1. The van der Waals surface area contributed by atoms with Crippen molar-refractivity contribution in [3.8, 4) is 5.75 Å². The Hall–Kier alpha value is -1.07. The van der Waals surface area contributed by atoms with Crippen LogP contribution in [0.1, 0.15) is 31.7 Å². The molecule has 1 rings (SSSR count). The van der Waals surface area contributed by atoms with E-state index in [1.807, 2.05) is 25.1 Å². The minimum atomic E-state index is -0.326. The van der Waals surface area contributed by atoms with E-state index in [0.717, 1.165) is 22.2 Å². The number of halogens is 1. The molecule has 1 unspecified atom stereocenters. The van der Waals surface area contributed by atoms with Gasteiger partial charge < -0.3 is 15.2 Å². The third-order valence-electron chi connectivity index (χ3n) is 3.13. The normalized spacial score (nSPS) is 12.0. The monoisotopic (exact) mass is 343 g/mol. The number of methoxy groups -OCH3 is 1. The van der Waals surface area contributed by atoms with Crippen LogP contribution in [-0.2, 0) is 11.2 Å². The Bertz CT molecular complexity index is 437. The molecule has 2 N–H and O–H groups in total. The van der Waals surface area contributed by atoms with Crippen molar-refractivity contribution in [2.75, 3.05) is 13.7 Å². The van der Waals surface area contributed by atoms with Gasteiger partial charge in [0.15, 0.2) is 0 Å². The summed E-state index contributed by atoms with van der Waals surface area (Å²) in [6, 6.07) is 5.81. The summed E-state index contributed by atoms with van der Waals surface area (Å²) in [5.41, 5.74) is 1.08. The van der Waals surface area contributed by atoms with Crippen LogP contribution in [0.4, 0.5) is 0 Å². The Morgan fingerprint density at radius 1 is 1.50 bits per heavy atom. The molecule has 20 heavy (non-hydrogen) atoms. The van der Waals surface area contributed by atoms with Gasteiger partial charge in [-0.2, -0.15) is 0 Å². The highest BCUT2D eigenvalue weighted by molar-refractivity contribution is 9.10. The van der Waals surface area contributed by atoms with E-state index in [-0.39, 0.29) is 12.0 Å². The Balaban J connectivity index is 2.32. The molecule has 5 heteroatoms. The summed E-state index contributed by atoms with van der Waals surface area (Å²) in [5, 5.41) is 12.2. The van der Waals surface area contributed by atoms with Crippen molar-refractivity contribution in [2.24, 2.45) is 0 Å². The summed E-state index contributed by atoms with van der Waals surface area (Å²) in [4.78, 5) is 11.7. The fourth-order valence-electron chi connectivity index (χ4n) is 1.79. The number of aliphatic hydroxyl groups excluding tert-OH is 1. The van der Waals surface area contributed by atoms with Crippen LogP contribution in [0.5, 0.6) is 5.75 Å². The van der Waals surface area contributed by atoms with Gasteiger partial charge in [0.2, 0.25) is 5.91 Å². The molecular weight excluding hydrogens is 322 g/mol. The fourth-order valence-corrected chi connectivity index (χ4v) is 2.38. The second-order valence-electron chi connectivity index (χ2n) is 4.67. The van der Waals surface area contributed by atoms with E-state index < -0.39 is 0 Å². The summed E-state index contributed by atoms with van der Waals surface area (Å²) >= 11 is 3.43. The molecule has 112 valence electrons. The molecule has 0 aliphatic carbocycles. The number of ether oxygens (including phenoxy) is 1. The minimum absolute atomic E-state index is 0.0141. The van der Waals surface area contributed by atoms with Crippen molar-refractivity contribution in [3.63, 3.8) is 0 Å². The van der Waals surface area contributed by atoms with Gasteiger partial charge >= 0.3 is 0 Å². The Morgan fingerprint density at radius 2 is 2.25 bits per heavy atom. The highest BCUT2D eigenvalue weighted by Gasteiger charge is 2.06. The predicted octanol–water partition coefficient (Wildman–Crippen LogP) is 2.67. The van der Waals surface area contributed by atoms with E-state index in [1.54, 1.807) is 7.11 Å². The molecule has 0 aromatic heterocycles. The van der Waals surface area contributed by atoms with Gasteiger partial charge in [-0.1, -0.05) is 13.0 Å². The van der Waals surface area contributed by atoms with Gasteiger partial charge in [-0.3, -0.25) is 4.79 Å². The molecule has 0 aliphatic heterocycles. The van der Waals surface area contributed by atoms with Gasteiger partial charge in [-0.25, -0.2) is 0 Å². The van der Waals surface area contributed by atoms with E-state index >= 15 is 0 Å². The number of carbonyl (C=O) groups is 1. The number of rotatable bonds is 8. The molecule has 0 spiro atoms. The summed E-state index contributed by atoms with van der Waals surface area (Å²) < 4.78 is 6.05. The van der Waals surface area contributed by atoms with E-state index in [9.17, 15) is 9.90 Å². The molecule has 0 radical (unpaired) electrons. The van der Waals surface area contributed by atoms with E-state index in [0.29, 0.717) is 25.8 Å². The van der Waals surface area contributed by atoms with Crippen molar-refractivity contribution < 1.29 is 14.6 Å². The van der Waals surface area contributed by atoms with Gasteiger partial charge in [0.05, 0.1) is 17.7 Å². The zero-order valence-electron chi connectivity index (χ0n) is 12.0. The van der Waals surface area contributed by atoms with Gasteiger partial charge in [0.1, 0.15) is 5.75 Å². The first-order chi connectivity index (χ1) is 9.56. The van der Waals surface area contributed by atoms with Crippen molar-refractivity contribution in [1.82, 2.24) is 5.32 Å². The Kier molecular flexibility index (Phi) is 7.62. The number of nitrogens with one attached hydrogen (secondary N) is 1. The van der Waals surface area contributed by atoms with Gasteiger partial charge in [-0.05, 0) is 52.9 Å². The summed E-state index contributed by atoms with van der Waals surface area (Å²) in [6.07, 6.45) is 2.13. The first-order valence-corrected chi connectivity index (χ1v) is 7.63. The minimum Gasteiger partial charge on any atom is -0.496 e. The molecular formula is C15H22BrNO3. The zero-order chi connectivity index (χ0) is 15.0. The van der Waals surface area contributed by atoms with Gasteiger partial charge in [0.25, 0.3) is 0 Å². The molecule has 0 fully saturated rings. The van der Waals surface area contributed by atoms with E-state index in [4.69, 9.17) is 4.74 Å². The highest BCUT2D eigenvalue weighted by Crippen LogP contribution is 2.25. The van der Waals surface area contributed by atoms with Crippen LogP contribution in [0, 0.1) is 0 Å². The highest BCUT2D eigenvalue weighted by atomic mass is 79.9. The fraction of sp³-hybridized carbons (Fsp3) is 0.533. The number of hydrogen-bond acceptors (Lipinski definition) is 3. The van der Waals surface area contributed by atoms with Crippen LogP contribution < -0.4 is 10.1 Å². The number of hydrogen-bond donors (Lipinski definition) is 2. The summed E-state index contributed by atoms with van der Waals surface area (Å²) in [5.74, 6) is 0.798. The average Bonchev–Trinajstić information content (AvgIpc) is 2.45. The molecule has 0 heterocycles. The summed E-state index contributed by atoms with van der Waals surface area (Å²) in [7, 11) is 1.62. The molecule has 1 aromatic carbocycles. The van der Waals surface area contributed by atoms with Crippen LogP contribution in [0.15, 0.2) is 22.7 Å². The Labute approximate surface area is 128 Å². The lowest BCUT2D eigenvalue weighted by Gasteiger charge is -2.09. The molecule has 0 saturated heterocycles. The van der Waals surface area contributed by atoms with Crippen LogP contribution in [0.25, 0.3) is 0 Å². The topological polar surface area (TPSA) is 58.6 Å². The molecule has 4 nitrogen and oxygen atoms in total. The van der Waals surface area contributed by atoms with Gasteiger partial charge in [-0.15, -0.1) is 0 Å². The SMILES string of the molecule is CCC(O)CCNC(=O)CCc1ccc(OC)c(Br)c1. The van der Waals surface area contributed by atoms with Crippen LogP contribution in [0.3, 0.4) is 0 Å². The standard InChI is InChI=1S/C15H22BrNO3/c1-3-12(18)8-9-17-15(19)7-5-11-4-6-14(20-2)13(16)10-11/h4,6,10,12,18H,3,5,7-9H2,1-2H3,(H,17,19). The Morgan fingerprint density at radius 3 is 2.85 bits per heavy atom. The van der Waals surface area contributed by atoms with Crippen molar-refractivity contribution in [1.29, 1.82) is 0 Å². The number of amides is 1. The molecule has 0 bridgehead atoms. The zero-order valence-corrected chi connectivity index (χ0v) is 13.6. The quantitative estimate of drug-likeness (QED) is 0.762. The first-order valence-electron chi connectivity index (χ1n) is 6.84. The van der Waals surface area contributed by atoms with Crippen LogP contribution in [0.2, 0.25) is 0 Å². The molecule has 1 atom stereocenters. The lowest BCUT2D eigenvalue weighted by atomic mass is 10.1. The second kappa shape index (κ2) is 8.97. The third kappa shape index (κ3) is 5.92. The van der Waals surface area contributed by atoms with Crippen molar-refractivity contribution in [2.45, 2.75) is 38.7 Å². The average molecular weight is 344 g/mol. The van der Waals surface area contributed by atoms with Crippen LogP contribution in [-0.4, -0.2) is 30.8 Å². The maximum absolute atomic E-state index is 11.7. The molecule has 1 amide bonds. The lowest BCUT2D eigenvalue weighted by molar-refractivity contribution is -0.121. The smallest absolute Gasteiger partial charge is 0.220 e. The van der Waals surface area contributed by atoms with Crippen molar-refractivity contribution in [3.05, 3.63) is 28.2 Å². The van der Waals surface area contributed by atoms with Crippen molar-refractivity contribution >= 4 is 21.8 Å². The maximum atomic E-state index is 11.7. The third-order valence-corrected chi connectivity index (χ3v) is 3.75. The van der Waals surface area contributed by atoms with E-state index in [1.165, 1.54) is 0 Å². The second-order valence-corrected chi connectivity index (χ2v) is 5.52. The number of benzene rings is 1. The largest absolute Gasteiger partial charge is 0.496 e. The van der Waals surface area contributed by atoms with E-state index in [2.05, 4.69) is 21.2 Å². The maximum Gasteiger partial charge on any atom is 0.220 e. The molecule has 0 aliphatic rings. The lowest BCUT2D eigenvalue weighted by Crippen LogP contribution is -2.27. The first kappa shape index (κ1) is 17.0. The number of carbonyl (C=O) groups excluding carboxylic acids is 1. The summed E-state index contributed by atoms with van der Waals surface area (Å²) in [6.45, 7) is 2.45. The predicted molar refractivity (Wildman–Crippen MR) is 82.9 cm³/mol. The molecule has 1 aromatic rings. The number of aliphatic hydroxyl groups is 1. The van der Waals surface area contributed by atoms with Crippen LogP contribution >= 0.6 is 15.9 Å². The molecule has 0 saturated carbocycles. The van der Waals surface area contributed by atoms with Gasteiger partial charge in [0, 0.05) is 13.0 Å².